The average molecular weight is 388 g/mol. The molecule has 0 unspecified atom stereocenters. The van der Waals surface area contributed by atoms with E-state index in [4.69, 9.17) is 4.42 Å². The van der Waals surface area contributed by atoms with Crippen molar-refractivity contribution in [2.75, 3.05) is 40.3 Å². The molecule has 7 heteroatoms. The fourth-order valence-electron chi connectivity index (χ4n) is 3.64. The molecule has 0 bridgehead atoms. The van der Waals surface area contributed by atoms with Crippen molar-refractivity contribution in [3.8, 4) is 0 Å². The predicted octanol–water partition coefficient (Wildman–Crippen LogP) is 2.67. The van der Waals surface area contributed by atoms with Gasteiger partial charge in [0.05, 0.1) is 18.6 Å². The van der Waals surface area contributed by atoms with Gasteiger partial charge in [0, 0.05) is 37.3 Å². The standard InChI is InChI=1S/C21H33N5O2/c1-5-19-17(13-25-8-6-7-9-25)12-20(28-19)21(27)26(11-10-24(3)4)14-18-16(2)22-15-23-18/h12,15H,5-11,13-14H2,1-4H3,(H,22,23). The lowest BCUT2D eigenvalue weighted by Gasteiger charge is -2.23. The fourth-order valence-corrected chi connectivity index (χ4v) is 3.64. The number of likely N-dealkylation sites (tertiary alicyclic amines) is 1. The molecular weight excluding hydrogens is 354 g/mol. The summed E-state index contributed by atoms with van der Waals surface area (Å²) in [6, 6.07) is 1.96. The molecule has 3 rings (SSSR count). The zero-order chi connectivity index (χ0) is 20.1. The SMILES string of the molecule is CCc1oc(C(=O)N(CCN(C)C)Cc2nc[nH]c2C)cc1CN1CCCC1. The van der Waals surface area contributed by atoms with Crippen LogP contribution in [0.2, 0.25) is 0 Å². The number of rotatable bonds is 9. The van der Waals surface area contributed by atoms with Gasteiger partial charge in [-0.3, -0.25) is 9.69 Å². The highest BCUT2D eigenvalue weighted by molar-refractivity contribution is 5.91. The minimum Gasteiger partial charge on any atom is -0.456 e. The molecule has 0 atom stereocenters. The fraction of sp³-hybridized carbons (Fsp3) is 0.619. The van der Waals surface area contributed by atoms with E-state index in [1.54, 1.807) is 6.33 Å². The summed E-state index contributed by atoms with van der Waals surface area (Å²) in [5.74, 6) is 1.31. The first-order valence-electron chi connectivity index (χ1n) is 10.2. The van der Waals surface area contributed by atoms with E-state index >= 15 is 0 Å². The van der Waals surface area contributed by atoms with E-state index in [-0.39, 0.29) is 5.91 Å². The normalized spacial score (nSPS) is 14.9. The van der Waals surface area contributed by atoms with E-state index in [1.807, 2.05) is 32.0 Å². The topological polar surface area (TPSA) is 68.6 Å². The lowest BCUT2D eigenvalue weighted by Crippen LogP contribution is -2.36. The lowest BCUT2D eigenvalue weighted by molar-refractivity contribution is 0.0696. The number of hydrogen-bond acceptors (Lipinski definition) is 5. The molecule has 0 spiro atoms. The number of carbonyl (C=O) groups excluding carboxylic acids is 1. The number of nitrogens with zero attached hydrogens (tertiary/aromatic N) is 4. The van der Waals surface area contributed by atoms with Crippen LogP contribution in [0.3, 0.4) is 0 Å². The molecule has 1 N–H and O–H groups in total. The van der Waals surface area contributed by atoms with Crippen LogP contribution in [0.1, 0.15) is 53.0 Å². The van der Waals surface area contributed by atoms with Gasteiger partial charge in [0.1, 0.15) is 5.76 Å². The van der Waals surface area contributed by atoms with Crippen molar-refractivity contribution < 1.29 is 9.21 Å². The smallest absolute Gasteiger partial charge is 0.289 e. The van der Waals surface area contributed by atoms with Crippen LogP contribution in [0, 0.1) is 6.92 Å². The molecule has 0 saturated carbocycles. The average Bonchev–Trinajstić information content (AvgIpc) is 3.40. The van der Waals surface area contributed by atoms with Crippen LogP contribution in [0.25, 0.3) is 0 Å². The van der Waals surface area contributed by atoms with Gasteiger partial charge < -0.3 is 19.2 Å². The molecule has 0 aliphatic carbocycles. The maximum atomic E-state index is 13.3. The molecule has 0 radical (unpaired) electrons. The number of hydrogen-bond donors (Lipinski definition) is 1. The van der Waals surface area contributed by atoms with Crippen molar-refractivity contribution in [1.82, 2.24) is 24.7 Å². The molecule has 1 aliphatic rings. The number of imidazole rings is 1. The Morgan fingerprint density at radius 1 is 1.29 bits per heavy atom. The summed E-state index contributed by atoms with van der Waals surface area (Å²) in [5, 5.41) is 0. The number of likely N-dealkylation sites (N-methyl/N-ethyl adjacent to an activating group) is 1. The lowest BCUT2D eigenvalue weighted by atomic mass is 10.2. The van der Waals surface area contributed by atoms with E-state index in [0.29, 0.717) is 18.8 Å². The third-order valence-electron chi connectivity index (χ3n) is 5.40. The van der Waals surface area contributed by atoms with E-state index in [2.05, 4.69) is 26.7 Å². The molecule has 154 valence electrons. The van der Waals surface area contributed by atoms with Crippen molar-refractivity contribution in [3.05, 3.63) is 40.9 Å². The van der Waals surface area contributed by atoms with Gasteiger partial charge in [-0.2, -0.15) is 0 Å². The van der Waals surface area contributed by atoms with Gasteiger partial charge >= 0.3 is 0 Å². The third-order valence-corrected chi connectivity index (χ3v) is 5.40. The Hall–Kier alpha value is -2.12. The van der Waals surface area contributed by atoms with Gasteiger partial charge in [0.25, 0.3) is 5.91 Å². The van der Waals surface area contributed by atoms with Gasteiger partial charge in [-0.15, -0.1) is 0 Å². The van der Waals surface area contributed by atoms with E-state index < -0.39 is 0 Å². The maximum Gasteiger partial charge on any atom is 0.289 e. The summed E-state index contributed by atoms with van der Waals surface area (Å²) in [5.41, 5.74) is 3.04. The number of amides is 1. The first kappa shape index (κ1) is 20.6. The van der Waals surface area contributed by atoms with Crippen LogP contribution in [0.15, 0.2) is 16.8 Å². The summed E-state index contributed by atoms with van der Waals surface area (Å²) in [6.07, 6.45) is 4.99. The molecule has 3 heterocycles. The van der Waals surface area contributed by atoms with Gasteiger partial charge in [-0.25, -0.2) is 4.98 Å². The highest BCUT2D eigenvalue weighted by Crippen LogP contribution is 2.22. The number of aryl methyl sites for hydroxylation is 2. The Morgan fingerprint density at radius 3 is 2.64 bits per heavy atom. The molecule has 1 aliphatic heterocycles. The first-order valence-corrected chi connectivity index (χ1v) is 10.2. The largest absolute Gasteiger partial charge is 0.456 e. The van der Waals surface area contributed by atoms with E-state index in [9.17, 15) is 4.79 Å². The van der Waals surface area contributed by atoms with Crippen LogP contribution in [-0.2, 0) is 19.5 Å². The molecule has 0 aromatic carbocycles. The number of furan rings is 1. The molecule has 1 amide bonds. The second-order valence-corrected chi connectivity index (χ2v) is 7.90. The van der Waals surface area contributed by atoms with Crippen molar-refractivity contribution in [3.63, 3.8) is 0 Å². The van der Waals surface area contributed by atoms with Crippen molar-refractivity contribution in [2.24, 2.45) is 0 Å². The Labute approximate surface area is 167 Å². The number of nitrogens with one attached hydrogen (secondary N) is 1. The first-order chi connectivity index (χ1) is 13.5. The summed E-state index contributed by atoms with van der Waals surface area (Å²) in [4.78, 5) is 27.1. The third kappa shape index (κ3) is 5.02. The molecule has 1 saturated heterocycles. The Bertz CT molecular complexity index is 774. The van der Waals surface area contributed by atoms with E-state index in [0.717, 1.165) is 55.3 Å². The molecule has 1 fully saturated rings. The Balaban J connectivity index is 1.78. The van der Waals surface area contributed by atoms with Gasteiger partial charge in [-0.1, -0.05) is 6.92 Å². The van der Waals surface area contributed by atoms with Crippen LogP contribution in [0.5, 0.6) is 0 Å². The second kappa shape index (κ2) is 9.39. The summed E-state index contributed by atoms with van der Waals surface area (Å²) < 4.78 is 6.01. The van der Waals surface area contributed by atoms with Crippen LogP contribution >= 0.6 is 0 Å². The molecule has 2 aromatic rings. The zero-order valence-corrected chi connectivity index (χ0v) is 17.6. The summed E-state index contributed by atoms with van der Waals surface area (Å²) >= 11 is 0. The molecule has 2 aromatic heterocycles. The molecule has 7 nitrogen and oxygen atoms in total. The molecule has 28 heavy (non-hydrogen) atoms. The van der Waals surface area contributed by atoms with Crippen LogP contribution in [-0.4, -0.2) is 70.8 Å². The number of aromatic nitrogens is 2. The predicted molar refractivity (Wildman–Crippen MR) is 109 cm³/mol. The maximum absolute atomic E-state index is 13.3. The highest BCUT2D eigenvalue weighted by Gasteiger charge is 2.24. The monoisotopic (exact) mass is 387 g/mol. The van der Waals surface area contributed by atoms with Crippen LogP contribution in [0.4, 0.5) is 0 Å². The number of carbonyl (C=O) groups is 1. The van der Waals surface area contributed by atoms with Crippen molar-refractivity contribution in [2.45, 2.75) is 46.2 Å². The number of aromatic amines is 1. The minimum absolute atomic E-state index is 0.0633. The van der Waals surface area contributed by atoms with Crippen molar-refractivity contribution >= 4 is 5.91 Å². The molecular formula is C21H33N5O2. The van der Waals surface area contributed by atoms with Gasteiger partial charge in [0.15, 0.2) is 5.76 Å². The minimum atomic E-state index is -0.0633. The Morgan fingerprint density at radius 2 is 2.04 bits per heavy atom. The Kier molecular flexibility index (Phi) is 6.91. The number of H-pyrrole nitrogens is 1. The summed E-state index contributed by atoms with van der Waals surface area (Å²) in [6.45, 7) is 9.08. The summed E-state index contributed by atoms with van der Waals surface area (Å²) in [7, 11) is 4.03. The second-order valence-electron chi connectivity index (χ2n) is 7.90. The van der Waals surface area contributed by atoms with Crippen LogP contribution < -0.4 is 0 Å². The quantitative estimate of drug-likeness (QED) is 0.716. The van der Waals surface area contributed by atoms with Gasteiger partial charge in [0.2, 0.25) is 0 Å². The van der Waals surface area contributed by atoms with Gasteiger partial charge in [-0.05, 0) is 53.0 Å². The zero-order valence-electron chi connectivity index (χ0n) is 17.6. The highest BCUT2D eigenvalue weighted by atomic mass is 16.4. The van der Waals surface area contributed by atoms with Crippen molar-refractivity contribution in [1.29, 1.82) is 0 Å². The van der Waals surface area contributed by atoms with E-state index in [1.165, 1.54) is 12.8 Å².